The average molecular weight is 331 g/mol. The Labute approximate surface area is 121 Å². The van der Waals surface area contributed by atoms with E-state index in [1.807, 2.05) is 36.0 Å². The summed E-state index contributed by atoms with van der Waals surface area (Å²) in [6, 6.07) is 7.60. The first-order chi connectivity index (χ1) is 8.63. The SMILES string of the molecule is CSCC(C)CNCC(=O)Nc1ccccc1Br. The second-order valence-electron chi connectivity index (χ2n) is 4.22. The van der Waals surface area contributed by atoms with Crippen molar-refractivity contribution in [2.24, 2.45) is 5.92 Å². The maximum Gasteiger partial charge on any atom is 0.238 e. The number of rotatable bonds is 7. The van der Waals surface area contributed by atoms with E-state index in [0.717, 1.165) is 22.5 Å². The molecule has 0 aromatic heterocycles. The van der Waals surface area contributed by atoms with E-state index in [1.165, 1.54) is 0 Å². The van der Waals surface area contributed by atoms with Crippen molar-refractivity contribution in [2.45, 2.75) is 6.92 Å². The number of amides is 1. The standard InChI is InChI=1S/C13H19BrN2OS/c1-10(9-18-2)7-15-8-13(17)16-12-6-4-3-5-11(12)14/h3-6,10,15H,7-9H2,1-2H3,(H,16,17). The van der Waals surface area contributed by atoms with Crippen LogP contribution in [0.4, 0.5) is 5.69 Å². The summed E-state index contributed by atoms with van der Waals surface area (Å²) in [4.78, 5) is 11.7. The van der Waals surface area contributed by atoms with Gasteiger partial charge in [-0.15, -0.1) is 0 Å². The molecule has 18 heavy (non-hydrogen) atoms. The van der Waals surface area contributed by atoms with Crippen molar-refractivity contribution >= 4 is 39.3 Å². The highest BCUT2D eigenvalue weighted by Gasteiger charge is 2.06. The van der Waals surface area contributed by atoms with Crippen molar-refractivity contribution in [3.8, 4) is 0 Å². The lowest BCUT2D eigenvalue weighted by molar-refractivity contribution is -0.115. The van der Waals surface area contributed by atoms with Gasteiger partial charge in [-0.2, -0.15) is 11.8 Å². The number of hydrogen-bond donors (Lipinski definition) is 2. The van der Waals surface area contributed by atoms with Gasteiger partial charge in [0.15, 0.2) is 0 Å². The number of anilines is 1. The van der Waals surface area contributed by atoms with E-state index in [4.69, 9.17) is 0 Å². The average Bonchev–Trinajstić information content (AvgIpc) is 2.32. The zero-order valence-corrected chi connectivity index (χ0v) is 13.1. The van der Waals surface area contributed by atoms with Gasteiger partial charge >= 0.3 is 0 Å². The van der Waals surface area contributed by atoms with Gasteiger partial charge < -0.3 is 10.6 Å². The highest BCUT2D eigenvalue weighted by Crippen LogP contribution is 2.20. The highest BCUT2D eigenvalue weighted by atomic mass is 79.9. The first kappa shape index (κ1) is 15.5. The lowest BCUT2D eigenvalue weighted by atomic mass is 10.2. The Morgan fingerprint density at radius 3 is 2.83 bits per heavy atom. The summed E-state index contributed by atoms with van der Waals surface area (Å²) >= 11 is 5.23. The molecule has 5 heteroatoms. The third kappa shape index (κ3) is 5.89. The minimum absolute atomic E-state index is 0.0155. The molecule has 0 bridgehead atoms. The smallest absolute Gasteiger partial charge is 0.238 e. The van der Waals surface area contributed by atoms with E-state index in [1.54, 1.807) is 0 Å². The second kappa shape index (κ2) is 8.56. The van der Waals surface area contributed by atoms with E-state index in [0.29, 0.717) is 12.5 Å². The first-order valence-corrected chi connectivity index (χ1v) is 8.06. The molecule has 0 aliphatic heterocycles. The lowest BCUT2D eigenvalue weighted by Crippen LogP contribution is -2.31. The molecule has 1 rings (SSSR count). The van der Waals surface area contributed by atoms with E-state index >= 15 is 0 Å². The summed E-state index contributed by atoms with van der Waals surface area (Å²) in [5.74, 6) is 1.67. The Bertz CT molecular complexity index is 387. The van der Waals surface area contributed by atoms with Crippen molar-refractivity contribution in [1.29, 1.82) is 0 Å². The van der Waals surface area contributed by atoms with Crippen LogP contribution in [0.15, 0.2) is 28.7 Å². The number of carbonyl (C=O) groups is 1. The zero-order chi connectivity index (χ0) is 13.4. The maximum absolute atomic E-state index is 11.7. The Balaban J connectivity index is 2.28. The van der Waals surface area contributed by atoms with Crippen molar-refractivity contribution in [3.63, 3.8) is 0 Å². The predicted molar refractivity (Wildman–Crippen MR) is 83.2 cm³/mol. The van der Waals surface area contributed by atoms with E-state index in [9.17, 15) is 4.79 Å². The fourth-order valence-electron chi connectivity index (χ4n) is 1.53. The summed E-state index contributed by atoms with van der Waals surface area (Å²) in [5, 5.41) is 6.03. The van der Waals surface area contributed by atoms with Crippen molar-refractivity contribution in [1.82, 2.24) is 5.32 Å². The van der Waals surface area contributed by atoms with Gasteiger partial charge in [-0.25, -0.2) is 0 Å². The molecule has 1 unspecified atom stereocenters. The summed E-state index contributed by atoms with van der Waals surface area (Å²) < 4.78 is 0.897. The highest BCUT2D eigenvalue weighted by molar-refractivity contribution is 9.10. The molecule has 0 spiro atoms. The van der Waals surface area contributed by atoms with Crippen LogP contribution in [0.5, 0.6) is 0 Å². The van der Waals surface area contributed by atoms with E-state index in [-0.39, 0.29) is 5.91 Å². The molecule has 1 atom stereocenters. The van der Waals surface area contributed by atoms with Crippen LogP contribution in [0.25, 0.3) is 0 Å². The summed E-state index contributed by atoms with van der Waals surface area (Å²) in [5.41, 5.74) is 0.807. The molecule has 0 heterocycles. The summed E-state index contributed by atoms with van der Waals surface area (Å²) in [7, 11) is 0. The van der Waals surface area contributed by atoms with Gasteiger partial charge in [0.1, 0.15) is 0 Å². The summed E-state index contributed by atoms with van der Waals surface area (Å²) in [6.07, 6.45) is 2.09. The predicted octanol–water partition coefficient (Wildman–Crippen LogP) is 2.98. The number of hydrogen-bond acceptors (Lipinski definition) is 3. The number of nitrogens with one attached hydrogen (secondary N) is 2. The van der Waals surface area contributed by atoms with E-state index < -0.39 is 0 Å². The van der Waals surface area contributed by atoms with E-state index in [2.05, 4.69) is 39.7 Å². The maximum atomic E-state index is 11.7. The van der Waals surface area contributed by atoms with Crippen LogP contribution in [-0.2, 0) is 4.79 Å². The molecule has 1 amide bonds. The van der Waals surface area contributed by atoms with Crippen LogP contribution < -0.4 is 10.6 Å². The minimum atomic E-state index is -0.0155. The van der Waals surface area contributed by atoms with Gasteiger partial charge in [-0.1, -0.05) is 19.1 Å². The fraction of sp³-hybridized carbons (Fsp3) is 0.462. The fourth-order valence-corrected chi connectivity index (χ4v) is 2.60. The third-order valence-corrected chi connectivity index (χ3v) is 3.97. The van der Waals surface area contributed by atoms with Crippen molar-refractivity contribution < 1.29 is 4.79 Å². The minimum Gasteiger partial charge on any atom is -0.324 e. The molecule has 1 aromatic carbocycles. The van der Waals surface area contributed by atoms with Crippen LogP contribution >= 0.6 is 27.7 Å². The number of halogens is 1. The quantitative estimate of drug-likeness (QED) is 0.807. The largest absolute Gasteiger partial charge is 0.324 e. The molecule has 2 N–H and O–H groups in total. The van der Waals surface area contributed by atoms with Crippen molar-refractivity contribution in [2.75, 3.05) is 30.4 Å². The normalized spacial score (nSPS) is 12.2. The molecule has 0 radical (unpaired) electrons. The summed E-state index contributed by atoms with van der Waals surface area (Å²) in [6.45, 7) is 3.39. The monoisotopic (exact) mass is 330 g/mol. The van der Waals surface area contributed by atoms with Crippen LogP contribution in [0.1, 0.15) is 6.92 Å². The topological polar surface area (TPSA) is 41.1 Å². The molecule has 1 aromatic rings. The Kier molecular flexibility index (Phi) is 7.39. The molecule has 3 nitrogen and oxygen atoms in total. The molecular formula is C13H19BrN2OS. The van der Waals surface area contributed by atoms with Gasteiger partial charge in [0.05, 0.1) is 12.2 Å². The van der Waals surface area contributed by atoms with Gasteiger partial charge in [-0.05, 0) is 52.5 Å². The molecule has 0 saturated heterocycles. The van der Waals surface area contributed by atoms with Gasteiger partial charge in [-0.3, -0.25) is 4.79 Å². The molecular weight excluding hydrogens is 312 g/mol. The molecule has 0 fully saturated rings. The Hall–Kier alpha value is -0.520. The molecule has 0 aliphatic rings. The number of thioether (sulfide) groups is 1. The number of carbonyl (C=O) groups excluding carboxylic acids is 1. The number of benzene rings is 1. The number of para-hydroxylation sites is 1. The Morgan fingerprint density at radius 2 is 2.17 bits per heavy atom. The van der Waals surface area contributed by atoms with Crippen LogP contribution in [0.3, 0.4) is 0 Å². The van der Waals surface area contributed by atoms with Gasteiger partial charge in [0.25, 0.3) is 0 Å². The second-order valence-corrected chi connectivity index (χ2v) is 5.98. The molecule has 0 aliphatic carbocycles. The third-order valence-electron chi connectivity index (χ3n) is 2.38. The van der Waals surface area contributed by atoms with Gasteiger partial charge in [0, 0.05) is 4.47 Å². The molecule has 0 saturated carbocycles. The van der Waals surface area contributed by atoms with Crippen LogP contribution in [-0.4, -0.2) is 31.0 Å². The molecule has 100 valence electrons. The first-order valence-electron chi connectivity index (χ1n) is 5.87. The van der Waals surface area contributed by atoms with Crippen molar-refractivity contribution in [3.05, 3.63) is 28.7 Å². The lowest BCUT2D eigenvalue weighted by Gasteiger charge is -2.11. The van der Waals surface area contributed by atoms with Crippen LogP contribution in [0.2, 0.25) is 0 Å². The Morgan fingerprint density at radius 1 is 1.44 bits per heavy atom. The zero-order valence-electron chi connectivity index (χ0n) is 10.7. The van der Waals surface area contributed by atoms with Crippen LogP contribution in [0, 0.1) is 5.92 Å². The van der Waals surface area contributed by atoms with Gasteiger partial charge in [0.2, 0.25) is 5.91 Å².